The normalized spacial score (nSPS) is 16.4. The zero-order chi connectivity index (χ0) is 19.2. The van der Waals surface area contributed by atoms with Crippen LogP contribution in [0.1, 0.15) is 89.8 Å². The molecule has 2 nitrogen and oxygen atoms in total. The number of hydrogen-bond donors (Lipinski definition) is 0. The molecule has 1 atom stereocenters. The highest BCUT2D eigenvalue weighted by molar-refractivity contribution is 7.99. The first-order valence-electron chi connectivity index (χ1n) is 11.2. The molecule has 1 heterocycles. The van der Waals surface area contributed by atoms with Gasteiger partial charge in [-0.25, -0.2) is 0 Å². The highest BCUT2D eigenvalue weighted by Crippen LogP contribution is 2.32. The Morgan fingerprint density at radius 3 is 2.07 bits per heavy atom. The molecule has 2 rings (SSSR count). The summed E-state index contributed by atoms with van der Waals surface area (Å²) in [5.74, 6) is 2.38. The Morgan fingerprint density at radius 1 is 0.741 bits per heavy atom. The van der Waals surface area contributed by atoms with Gasteiger partial charge < -0.3 is 9.80 Å². The molecule has 0 aliphatic carbocycles. The van der Waals surface area contributed by atoms with E-state index >= 15 is 0 Å². The van der Waals surface area contributed by atoms with Gasteiger partial charge >= 0.3 is 0 Å². The summed E-state index contributed by atoms with van der Waals surface area (Å²) in [6, 6.07) is 11.0. The van der Waals surface area contributed by atoms with Gasteiger partial charge in [-0.3, -0.25) is 0 Å². The van der Waals surface area contributed by atoms with E-state index in [1.165, 1.54) is 75.5 Å². The number of unbranched alkanes of at least 4 members (excludes halogenated alkanes) is 8. The van der Waals surface area contributed by atoms with Crippen LogP contribution in [0.5, 0.6) is 0 Å². The van der Waals surface area contributed by atoms with Gasteiger partial charge in [-0.2, -0.15) is 0 Å². The van der Waals surface area contributed by atoms with E-state index in [2.05, 4.69) is 78.1 Å². The largest absolute Gasteiger partial charge is 0.352 e. The first kappa shape index (κ1) is 22.2. The average Bonchev–Trinajstić information content (AvgIpc) is 3.11. The molecule has 1 aromatic rings. The second kappa shape index (κ2) is 14.0. The molecule has 3 heteroatoms. The molecule has 1 aromatic carbocycles. The maximum absolute atomic E-state index is 2.51. The number of hydrogen-bond acceptors (Lipinski definition) is 3. The molecule has 0 saturated heterocycles. The summed E-state index contributed by atoms with van der Waals surface area (Å²) in [7, 11) is 0. The Balaban J connectivity index is 1.67. The predicted octanol–water partition coefficient (Wildman–Crippen LogP) is 7.41. The Morgan fingerprint density at radius 2 is 1.37 bits per heavy atom. The monoisotopic (exact) mass is 388 g/mol. The quantitative estimate of drug-likeness (QED) is 0.289. The van der Waals surface area contributed by atoms with E-state index in [1.807, 2.05) is 0 Å². The van der Waals surface area contributed by atoms with Gasteiger partial charge in [0.15, 0.2) is 0 Å². The number of nitrogens with zero attached hydrogens (tertiary/aromatic N) is 2. The van der Waals surface area contributed by atoms with Gasteiger partial charge in [-0.1, -0.05) is 95.5 Å². The molecule has 0 spiro atoms. The minimum absolute atomic E-state index is 0.379. The Hall–Kier alpha value is -1.09. The molecule has 0 radical (unpaired) electrons. The minimum atomic E-state index is 0.379. The zero-order valence-corrected chi connectivity index (χ0v) is 18.4. The van der Waals surface area contributed by atoms with E-state index in [0.717, 1.165) is 12.4 Å². The first-order chi connectivity index (χ1) is 13.4. The van der Waals surface area contributed by atoms with E-state index in [1.54, 1.807) is 0 Å². The third-order valence-electron chi connectivity index (χ3n) is 5.33. The molecule has 1 unspecified atom stereocenters. The van der Waals surface area contributed by atoms with Crippen LogP contribution in [0.2, 0.25) is 0 Å². The number of thioether (sulfide) groups is 1. The zero-order valence-electron chi connectivity index (χ0n) is 17.6. The second-order valence-corrected chi connectivity index (χ2v) is 8.78. The van der Waals surface area contributed by atoms with Crippen LogP contribution in [0.4, 0.5) is 0 Å². The highest BCUT2D eigenvalue weighted by atomic mass is 32.2. The summed E-state index contributed by atoms with van der Waals surface area (Å²) in [4.78, 5) is 5.02. The van der Waals surface area contributed by atoms with Crippen LogP contribution in [0.15, 0.2) is 42.7 Å². The van der Waals surface area contributed by atoms with Gasteiger partial charge in [0.2, 0.25) is 0 Å². The number of benzene rings is 1. The molecule has 0 saturated carbocycles. The third kappa shape index (κ3) is 8.21. The van der Waals surface area contributed by atoms with Gasteiger partial charge in [0.25, 0.3) is 0 Å². The van der Waals surface area contributed by atoms with Crippen LogP contribution >= 0.6 is 11.8 Å². The molecule has 0 N–H and O–H groups in total. The lowest BCUT2D eigenvalue weighted by atomic mass is 10.1. The summed E-state index contributed by atoms with van der Waals surface area (Å²) in [6.07, 6.45) is 18.7. The van der Waals surface area contributed by atoms with Crippen LogP contribution in [-0.2, 0) is 0 Å². The average molecular weight is 389 g/mol. The number of rotatable bonds is 15. The Bertz CT molecular complexity index is 502. The Kier molecular flexibility index (Phi) is 11.5. The fourth-order valence-corrected chi connectivity index (χ4v) is 4.67. The van der Waals surface area contributed by atoms with Gasteiger partial charge in [0, 0.05) is 18.9 Å². The van der Waals surface area contributed by atoms with Crippen molar-refractivity contribution in [2.24, 2.45) is 0 Å². The summed E-state index contributed by atoms with van der Waals surface area (Å²) < 4.78 is 0. The fourth-order valence-electron chi connectivity index (χ4n) is 3.69. The van der Waals surface area contributed by atoms with Crippen molar-refractivity contribution in [3.8, 4) is 0 Å². The lowest BCUT2D eigenvalue weighted by molar-refractivity contribution is 0.171. The van der Waals surface area contributed by atoms with E-state index in [0.29, 0.717) is 6.17 Å². The molecule has 0 amide bonds. The third-order valence-corrected chi connectivity index (χ3v) is 6.39. The fraction of sp³-hybridized carbons (Fsp3) is 0.667. The standard InChI is InChI=1S/C24H40N2S/c1-3-5-7-8-9-10-11-15-21-27-22-26-20-19-25(18-6-4-2)24(26)23-16-13-12-14-17-23/h12-14,16-17,19-20,24H,3-11,15,18,21-22H2,1-2H3. The van der Waals surface area contributed by atoms with Crippen molar-refractivity contribution in [1.29, 1.82) is 0 Å². The van der Waals surface area contributed by atoms with Crippen LogP contribution in [0.25, 0.3) is 0 Å². The lowest BCUT2D eigenvalue weighted by Crippen LogP contribution is -2.31. The van der Waals surface area contributed by atoms with Gasteiger partial charge in [0.1, 0.15) is 6.17 Å². The molecule has 0 bridgehead atoms. The lowest BCUT2D eigenvalue weighted by Gasteiger charge is -2.33. The summed E-state index contributed by atoms with van der Waals surface area (Å²) >= 11 is 2.09. The topological polar surface area (TPSA) is 6.48 Å². The summed E-state index contributed by atoms with van der Waals surface area (Å²) in [5.41, 5.74) is 1.41. The smallest absolute Gasteiger partial charge is 0.128 e. The maximum atomic E-state index is 2.51. The summed E-state index contributed by atoms with van der Waals surface area (Å²) in [6.45, 7) is 5.71. The van der Waals surface area contributed by atoms with E-state index in [4.69, 9.17) is 0 Å². The van der Waals surface area contributed by atoms with Crippen molar-refractivity contribution in [2.75, 3.05) is 18.2 Å². The van der Waals surface area contributed by atoms with E-state index in [-0.39, 0.29) is 0 Å². The summed E-state index contributed by atoms with van der Waals surface area (Å²) in [5, 5.41) is 0. The van der Waals surface area contributed by atoms with Crippen LogP contribution < -0.4 is 0 Å². The van der Waals surface area contributed by atoms with Crippen molar-refractivity contribution >= 4 is 11.8 Å². The van der Waals surface area contributed by atoms with E-state index in [9.17, 15) is 0 Å². The van der Waals surface area contributed by atoms with Gasteiger partial charge in [-0.05, 0) is 24.2 Å². The minimum Gasteiger partial charge on any atom is -0.352 e. The van der Waals surface area contributed by atoms with Crippen molar-refractivity contribution in [1.82, 2.24) is 9.80 Å². The van der Waals surface area contributed by atoms with Gasteiger partial charge in [-0.15, -0.1) is 11.8 Å². The molecular formula is C24H40N2S. The first-order valence-corrected chi connectivity index (χ1v) is 12.3. The Labute approximate surface area is 172 Å². The molecule has 1 aliphatic rings. The second-order valence-electron chi connectivity index (χ2n) is 7.70. The predicted molar refractivity (Wildman–Crippen MR) is 122 cm³/mol. The molecule has 0 aromatic heterocycles. The highest BCUT2D eigenvalue weighted by Gasteiger charge is 2.26. The SMILES string of the molecule is CCCCCCCCCCSCN1C=CN(CCCC)C1c1ccccc1. The van der Waals surface area contributed by atoms with Crippen LogP contribution in [-0.4, -0.2) is 28.0 Å². The maximum Gasteiger partial charge on any atom is 0.128 e. The van der Waals surface area contributed by atoms with E-state index < -0.39 is 0 Å². The molecule has 27 heavy (non-hydrogen) atoms. The van der Waals surface area contributed by atoms with Crippen molar-refractivity contribution in [3.05, 3.63) is 48.3 Å². The van der Waals surface area contributed by atoms with Crippen LogP contribution in [0, 0.1) is 0 Å². The van der Waals surface area contributed by atoms with Gasteiger partial charge in [0.05, 0.1) is 5.88 Å². The molecule has 152 valence electrons. The molecular weight excluding hydrogens is 348 g/mol. The molecule has 0 fully saturated rings. The van der Waals surface area contributed by atoms with Crippen molar-refractivity contribution in [2.45, 2.75) is 84.2 Å². The van der Waals surface area contributed by atoms with Crippen LogP contribution in [0.3, 0.4) is 0 Å². The van der Waals surface area contributed by atoms with Crippen molar-refractivity contribution < 1.29 is 0 Å². The van der Waals surface area contributed by atoms with Crippen molar-refractivity contribution in [3.63, 3.8) is 0 Å². The molecule has 1 aliphatic heterocycles.